The molecule has 2 heteroatoms. The fraction of sp³-hybridized carbons (Fsp3) is 1.00. The lowest BCUT2D eigenvalue weighted by molar-refractivity contribution is 0.0203. The zero-order chi connectivity index (χ0) is 9.76. The normalized spacial score (nSPS) is 52.3. The van der Waals surface area contributed by atoms with Crippen molar-refractivity contribution in [2.24, 2.45) is 11.8 Å². The Hall–Kier alpha value is -0.0800. The van der Waals surface area contributed by atoms with E-state index in [1.54, 1.807) is 0 Å². The molecule has 0 aliphatic heterocycles. The average molecular weight is 196 g/mol. The third-order valence-electron chi connectivity index (χ3n) is 4.11. The minimum atomic E-state index is -0.375. The first-order chi connectivity index (χ1) is 6.62. The molecule has 0 aromatic heterocycles. The van der Waals surface area contributed by atoms with Crippen LogP contribution in [-0.4, -0.2) is 22.9 Å². The van der Waals surface area contributed by atoms with Gasteiger partial charge in [0, 0.05) is 0 Å². The summed E-state index contributed by atoms with van der Waals surface area (Å²) >= 11 is 0. The Bertz CT molecular complexity index is 216. The van der Waals surface area contributed by atoms with Gasteiger partial charge in [0.1, 0.15) is 0 Å². The third kappa shape index (κ3) is 1.70. The summed E-state index contributed by atoms with van der Waals surface area (Å²) in [7, 11) is 0. The maximum atomic E-state index is 9.94. The van der Waals surface area contributed by atoms with Gasteiger partial charge in [0.05, 0.1) is 17.8 Å². The first-order valence-corrected chi connectivity index (χ1v) is 6.00. The van der Waals surface area contributed by atoms with E-state index in [2.05, 4.69) is 0 Å². The van der Waals surface area contributed by atoms with E-state index in [0.29, 0.717) is 12.2 Å². The van der Waals surface area contributed by atoms with Crippen molar-refractivity contribution in [1.82, 2.24) is 0 Å². The van der Waals surface area contributed by atoms with E-state index in [9.17, 15) is 5.11 Å². The van der Waals surface area contributed by atoms with Gasteiger partial charge >= 0.3 is 0 Å². The smallest absolute Gasteiger partial charge is 0.0625 e. The highest BCUT2D eigenvalue weighted by Crippen LogP contribution is 2.50. The summed E-state index contributed by atoms with van der Waals surface area (Å²) in [6.45, 7) is 1.99. The maximum Gasteiger partial charge on any atom is 0.0625 e. The highest BCUT2D eigenvalue weighted by atomic mass is 16.5. The molecule has 0 bridgehead atoms. The molecule has 0 aromatic rings. The van der Waals surface area contributed by atoms with Crippen molar-refractivity contribution >= 4 is 0 Å². The molecular formula is C12H20O2. The molecular weight excluding hydrogens is 176 g/mol. The molecule has 3 rings (SSSR count). The molecule has 0 amide bonds. The Balaban J connectivity index is 1.57. The van der Waals surface area contributed by atoms with Crippen molar-refractivity contribution in [3.8, 4) is 0 Å². The van der Waals surface area contributed by atoms with E-state index < -0.39 is 0 Å². The zero-order valence-corrected chi connectivity index (χ0v) is 8.91. The van der Waals surface area contributed by atoms with Crippen molar-refractivity contribution < 1.29 is 9.84 Å². The van der Waals surface area contributed by atoms with Crippen LogP contribution in [-0.2, 0) is 4.74 Å². The molecule has 80 valence electrons. The van der Waals surface area contributed by atoms with Crippen molar-refractivity contribution in [3.63, 3.8) is 0 Å². The first-order valence-electron chi connectivity index (χ1n) is 6.00. The number of aliphatic hydroxyl groups is 1. The lowest BCUT2D eigenvalue weighted by Gasteiger charge is -2.19. The van der Waals surface area contributed by atoms with E-state index in [-0.39, 0.29) is 5.60 Å². The highest BCUT2D eigenvalue weighted by molar-refractivity contribution is 4.98. The summed E-state index contributed by atoms with van der Waals surface area (Å²) < 4.78 is 5.95. The Kier molecular flexibility index (Phi) is 1.94. The molecule has 14 heavy (non-hydrogen) atoms. The number of hydrogen-bond acceptors (Lipinski definition) is 2. The van der Waals surface area contributed by atoms with Crippen LogP contribution in [0.25, 0.3) is 0 Å². The van der Waals surface area contributed by atoms with E-state index in [1.165, 1.54) is 25.7 Å². The minimum Gasteiger partial charge on any atom is -0.390 e. The molecule has 3 aliphatic carbocycles. The van der Waals surface area contributed by atoms with Crippen LogP contribution in [0.2, 0.25) is 0 Å². The maximum absolute atomic E-state index is 9.94. The molecule has 1 N–H and O–H groups in total. The van der Waals surface area contributed by atoms with Gasteiger partial charge in [-0.25, -0.2) is 0 Å². The van der Waals surface area contributed by atoms with Crippen LogP contribution in [0.5, 0.6) is 0 Å². The fourth-order valence-corrected chi connectivity index (χ4v) is 3.46. The van der Waals surface area contributed by atoms with Gasteiger partial charge in [-0.3, -0.25) is 0 Å². The predicted molar refractivity (Wildman–Crippen MR) is 54.0 cm³/mol. The van der Waals surface area contributed by atoms with Crippen LogP contribution < -0.4 is 0 Å². The van der Waals surface area contributed by atoms with Gasteiger partial charge in [-0.2, -0.15) is 0 Å². The van der Waals surface area contributed by atoms with Gasteiger partial charge < -0.3 is 9.84 Å². The second-order valence-corrected chi connectivity index (χ2v) is 5.85. The van der Waals surface area contributed by atoms with Gasteiger partial charge in [-0.15, -0.1) is 0 Å². The van der Waals surface area contributed by atoms with E-state index in [1.807, 2.05) is 6.92 Å². The minimum absolute atomic E-state index is 0.375. The van der Waals surface area contributed by atoms with Gasteiger partial charge in [0.2, 0.25) is 0 Å². The molecule has 3 saturated carbocycles. The van der Waals surface area contributed by atoms with Crippen LogP contribution in [0.15, 0.2) is 0 Å². The summed E-state index contributed by atoms with van der Waals surface area (Å²) in [6.07, 6.45) is 8.10. The Morgan fingerprint density at radius 1 is 1.07 bits per heavy atom. The van der Waals surface area contributed by atoms with Crippen LogP contribution >= 0.6 is 0 Å². The highest BCUT2D eigenvalue weighted by Gasteiger charge is 2.47. The Labute approximate surface area is 85.6 Å². The lowest BCUT2D eigenvalue weighted by atomic mass is 10.0. The van der Waals surface area contributed by atoms with Gasteiger partial charge in [-0.1, -0.05) is 0 Å². The monoisotopic (exact) mass is 196 g/mol. The number of fused-ring (bicyclic) bond motifs is 1. The summed E-state index contributed by atoms with van der Waals surface area (Å²) in [4.78, 5) is 0. The topological polar surface area (TPSA) is 29.5 Å². The van der Waals surface area contributed by atoms with E-state index in [0.717, 1.165) is 24.7 Å². The van der Waals surface area contributed by atoms with Gasteiger partial charge in [-0.05, 0) is 57.3 Å². The molecule has 0 saturated heterocycles. The van der Waals surface area contributed by atoms with Crippen LogP contribution in [0.3, 0.4) is 0 Å². The Morgan fingerprint density at radius 2 is 1.64 bits per heavy atom. The third-order valence-corrected chi connectivity index (χ3v) is 4.11. The summed E-state index contributed by atoms with van der Waals surface area (Å²) in [6, 6.07) is 0. The van der Waals surface area contributed by atoms with E-state index in [4.69, 9.17) is 4.74 Å². The standard InChI is InChI=1S/C12H20O2/c1-12(13)6-8-4-11(5-9(8)7-12)14-10-2-3-10/h8-11,13H,2-7H2,1H3/t8-,9+,11-,12+. The average Bonchev–Trinajstić information content (AvgIpc) is 2.70. The summed E-state index contributed by atoms with van der Waals surface area (Å²) in [5.41, 5.74) is -0.375. The van der Waals surface area contributed by atoms with Crippen molar-refractivity contribution in [2.75, 3.05) is 0 Å². The van der Waals surface area contributed by atoms with Crippen molar-refractivity contribution in [2.45, 2.75) is 63.3 Å². The second kappa shape index (κ2) is 2.96. The molecule has 2 nitrogen and oxygen atoms in total. The first kappa shape index (κ1) is 9.17. The number of ether oxygens (including phenoxy) is 1. The van der Waals surface area contributed by atoms with Crippen LogP contribution in [0.1, 0.15) is 45.4 Å². The van der Waals surface area contributed by atoms with Crippen molar-refractivity contribution in [3.05, 3.63) is 0 Å². The fourth-order valence-electron chi connectivity index (χ4n) is 3.46. The Morgan fingerprint density at radius 3 is 2.14 bits per heavy atom. The number of rotatable bonds is 2. The predicted octanol–water partition coefficient (Wildman–Crippen LogP) is 2.10. The molecule has 4 atom stereocenters. The van der Waals surface area contributed by atoms with Crippen molar-refractivity contribution in [1.29, 1.82) is 0 Å². The SMILES string of the molecule is C[C@]1(O)C[C@H]2C[C@@H](OC3CC3)C[C@H]2C1. The molecule has 0 radical (unpaired) electrons. The molecule has 0 spiro atoms. The van der Waals surface area contributed by atoms with Crippen LogP contribution in [0, 0.1) is 11.8 Å². The molecule has 3 aliphatic rings. The van der Waals surface area contributed by atoms with Gasteiger partial charge in [0.15, 0.2) is 0 Å². The second-order valence-electron chi connectivity index (χ2n) is 5.85. The molecule has 3 fully saturated rings. The molecule has 0 aromatic carbocycles. The van der Waals surface area contributed by atoms with E-state index >= 15 is 0 Å². The lowest BCUT2D eigenvalue weighted by Crippen LogP contribution is -2.22. The number of hydrogen-bond donors (Lipinski definition) is 1. The van der Waals surface area contributed by atoms with Crippen LogP contribution in [0.4, 0.5) is 0 Å². The largest absolute Gasteiger partial charge is 0.390 e. The van der Waals surface area contributed by atoms with Gasteiger partial charge in [0.25, 0.3) is 0 Å². The zero-order valence-electron chi connectivity index (χ0n) is 8.91. The molecule has 0 heterocycles. The summed E-state index contributed by atoms with van der Waals surface area (Å²) in [5, 5.41) is 9.94. The molecule has 0 unspecified atom stereocenters. The quantitative estimate of drug-likeness (QED) is 0.733. The summed E-state index contributed by atoms with van der Waals surface area (Å²) in [5.74, 6) is 1.49.